The van der Waals surface area contributed by atoms with Crippen molar-refractivity contribution in [1.29, 1.82) is 0 Å². The van der Waals surface area contributed by atoms with Crippen LogP contribution in [0, 0.1) is 0 Å². The molecular formula is C18H15BrNO2+. The zero-order valence-corrected chi connectivity index (χ0v) is 13.5. The van der Waals surface area contributed by atoms with Crippen LogP contribution in [0.15, 0.2) is 66.7 Å². The molecule has 110 valence electrons. The summed E-state index contributed by atoms with van der Waals surface area (Å²) in [5.41, 5.74) is 2.87. The van der Waals surface area contributed by atoms with Crippen LogP contribution in [0.1, 0.15) is 16.1 Å². The van der Waals surface area contributed by atoms with Crippen LogP contribution in [0.25, 0.3) is 10.9 Å². The summed E-state index contributed by atoms with van der Waals surface area (Å²) >= 11 is 3.14. The van der Waals surface area contributed by atoms with Gasteiger partial charge in [0, 0.05) is 23.1 Å². The number of ether oxygens (including phenoxy) is 1. The number of esters is 1. The second-order valence-corrected chi connectivity index (χ2v) is 5.35. The molecule has 4 heteroatoms. The molecule has 0 saturated carbocycles. The van der Waals surface area contributed by atoms with E-state index in [1.54, 1.807) is 0 Å². The molecule has 0 amide bonds. The Labute approximate surface area is 137 Å². The number of halogens is 1. The van der Waals surface area contributed by atoms with E-state index in [1.165, 1.54) is 0 Å². The molecule has 0 radical (unpaired) electrons. The number of benzene rings is 2. The molecule has 0 aliphatic carbocycles. The fraction of sp³-hybridized carbons (Fsp3) is 0.111. The minimum Gasteiger partial charge on any atom is -0.446 e. The van der Waals surface area contributed by atoms with Crippen molar-refractivity contribution < 1.29 is 14.1 Å². The van der Waals surface area contributed by atoms with Gasteiger partial charge < -0.3 is 4.74 Å². The number of aromatic nitrogens is 1. The summed E-state index contributed by atoms with van der Waals surface area (Å²) in [5.74, 6) is -0.335. The molecule has 0 aliphatic heterocycles. The Hall–Kier alpha value is -2.20. The number of nitrogens with zero attached hydrogens (tertiary/aromatic N) is 1. The third kappa shape index (κ3) is 3.02. The first-order valence-corrected chi connectivity index (χ1v) is 8.10. The van der Waals surface area contributed by atoms with Crippen LogP contribution < -0.4 is 4.57 Å². The van der Waals surface area contributed by atoms with Gasteiger partial charge in [0.1, 0.15) is 5.52 Å². The Morgan fingerprint density at radius 2 is 1.68 bits per heavy atom. The molecular weight excluding hydrogens is 342 g/mol. The highest BCUT2D eigenvalue weighted by atomic mass is 79.9. The average molecular weight is 357 g/mol. The van der Waals surface area contributed by atoms with Crippen LogP contribution in [0.5, 0.6) is 0 Å². The minimum atomic E-state index is -0.335. The first-order valence-electron chi connectivity index (χ1n) is 6.98. The monoisotopic (exact) mass is 356 g/mol. The van der Waals surface area contributed by atoms with E-state index < -0.39 is 0 Å². The molecule has 0 atom stereocenters. The summed E-state index contributed by atoms with van der Waals surface area (Å²) in [5, 5.41) is 1.09. The van der Waals surface area contributed by atoms with Gasteiger partial charge in [-0.2, -0.15) is 4.57 Å². The van der Waals surface area contributed by atoms with E-state index in [9.17, 15) is 4.79 Å². The van der Waals surface area contributed by atoms with Gasteiger partial charge in [0.15, 0.2) is 6.54 Å². The number of hydrogen-bond acceptors (Lipinski definition) is 2. The molecule has 1 heterocycles. The lowest BCUT2D eigenvalue weighted by Gasteiger charge is -2.07. The third-order valence-corrected chi connectivity index (χ3v) is 3.75. The number of hydrogen-bond donors (Lipinski definition) is 0. The molecule has 0 unspecified atom stereocenters. The van der Waals surface area contributed by atoms with E-state index in [2.05, 4.69) is 15.9 Å². The van der Waals surface area contributed by atoms with Gasteiger partial charge in [-0.3, -0.25) is 0 Å². The highest BCUT2D eigenvalue weighted by Gasteiger charge is 2.23. The van der Waals surface area contributed by atoms with Crippen LogP contribution >= 0.6 is 15.9 Å². The van der Waals surface area contributed by atoms with Gasteiger partial charge >= 0.3 is 5.97 Å². The zero-order chi connectivity index (χ0) is 15.4. The molecule has 22 heavy (non-hydrogen) atoms. The predicted octanol–water partition coefficient (Wildman–Crippen LogP) is 3.68. The van der Waals surface area contributed by atoms with Gasteiger partial charge in [-0.25, -0.2) is 4.79 Å². The second-order valence-electron chi connectivity index (χ2n) is 4.89. The molecule has 3 nitrogen and oxygen atoms in total. The van der Waals surface area contributed by atoms with Crippen molar-refractivity contribution in [2.24, 2.45) is 0 Å². The fourth-order valence-corrected chi connectivity index (χ4v) is 2.71. The number of pyridine rings is 1. The van der Waals surface area contributed by atoms with Gasteiger partial charge in [-0.05, 0) is 28.1 Å². The topological polar surface area (TPSA) is 30.2 Å². The van der Waals surface area contributed by atoms with E-state index in [0.717, 1.165) is 16.5 Å². The summed E-state index contributed by atoms with van der Waals surface area (Å²) in [7, 11) is 0. The second kappa shape index (κ2) is 6.71. The van der Waals surface area contributed by atoms with Crippen molar-refractivity contribution in [3.63, 3.8) is 0 Å². The minimum absolute atomic E-state index is 0.185. The Morgan fingerprint density at radius 3 is 2.45 bits per heavy atom. The summed E-state index contributed by atoms with van der Waals surface area (Å²) in [4.78, 5) is 12.2. The summed E-state index contributed by atoms with van der Waals surface area (Å²) in [6, 6.07) is 21.9. The summed E-state index contributed by atoms with van der Waals surface area (Å²) in [6.07, 6.45) is 0. The van der Waals surface area contributed by atoms with Crippen molar-refractivity contribution in [3.8, 4) is 0 Å². The van der Waals surface area contributed by atoms with E-state index >= 15 is 0 Å². The van der Waals surface area contributed by atoms with Gasteiger partial charge in [0.25, 0.3) is 5.69 Å². The molecule has 2 aromatic carbocycles. The normalized spacial score (nSPS) is 10.6. The third-order valence-electron chi connectivity index (χ3n) is 3.52. The molecule has 0 N–H and O–H groups in total. The highest BCUT2D eigenvalue weighted by molar-refractivity contribution is 9.09. The van der Waals surface area contributed by atoms with Gasteiger partial charge in [-0.1, -0.05) is 42.5 Å². The average Bonchev–Trinajstić information content (AvgIpc) is 2.56. The smallest absolute Gasteiger partial charge is 0.404 e. The largest absolute Gasteiger partial charge is 0.446 e. The predicted molar refractivity (Wildman–Crippen MR) is 88.9 cm³/mol. The first-order chi connectivity index (χ1) is 10.8. The molecule has 1 aromatic heterocycles. The van der Waals surface area contributed by atoms with E-state index in [1.807, 2.05) is 71.3 Å². The van der Waals surface area contributed by atoms with Crippen LogP contribution in [0.2, 0.25) is 0 Å². The summed E-state index contributed by atoms with van der Waals surface area (Å²) < 4.78 is 7.11. The maximum atomic E-state index is 12.2. The lowest BCUT2D eigenvalue weighted by molar-refractivity contribution is -0.665. The van der Waals surface area contributed by atoms with E-state index in [-0.39, 0.29) is 11.5 Å². The van der Waals surface area contributed by atoms with Crippen LogP contribution in [-0.2, 0) is 11.3 Å². The lowest BCUT2D eigenvalue weighted by Crippen LogP contribution is -2.42. The molecule has 3 rings (SSSR count). The molecule has 0 spiro atoms. The maximum absolute atomic E-state index is 12.2. The quantitative estimate of drug-likeness (QED) is 0.405. The van der Waals surface area contributed by atoms with Crippen molar-refractivity contribution >= 4 is 32.8 Å². The lowest BCUT2D eigenvalue weighted by atomic mass is 10.1. The van der Waals surface area contributed by atoms with Gasteiger partial charge in [0.2, 0.25) is 5.52 Å². The van der Waals surface area contributed by atoms with E-state index in [4.69, 9.17) is 4.74 Å². The highest BCUT2D eigenvalue weighted by Crippen LogP contribution is 2.13. The zero-order valence-electron chi connectivity index (χ0n) is 11.9. The molecule has 0 fully saturated rings. The van der Waals surface area contributed by atoms with Crippen LogP contribution in [0.4, 0.5) is 0 Å². The van der Waals surface area contributed by atoms with Gasteiger partial charge in [0.05, 0.1) is 0 Å². The Balaban J connectivity index is 2.14. The Morgan fingerprint density at radius 1 is 0.955 bits per heavy atom. The van der Waals surface area contributed by atoms with Gasteiger partial charge in [-0.15, -0.1) is 0 Å². The number of alkyl halides is 1. The Kier molecular flexibility index (Phi) is 4.49. The van der Waals surface area contributed by atoms with E-state index in [0.29, 0.717) is 12.2 Å². The number of carbonyl (C=O) groups excluding carboxylic acids is 1. The molecule has 0 bridgehead atoms. The van der Waals surface area contributed by atoms with Crippen LogP contribution in [0.3, 0.4) is 0 Å². The maximum Gasteiger partial charge on any atom is 0.404 e. The fourth-order valence-electron chi connectivity index (χ4n) is 2.50. The number of rotatable bonds is 4. The number of carbonyl (C=O) groups is 1. The molecule has 0 saturated heterocycles. The number of fused-ring (bicyclic) bond motifs is 1. The molecule has 0 aliphatic rings. The standard InChI is InChI=1S/C18H15BrNO2/c19-13-22-18(21)17-11-10-15-8-4-5-9-16(15)20(17)12-14-6-2-1-3-7-14/h1-11H,12-13H2/q+1. The van der Waals surface area contributed by atoms with Crippen molar-refractivity contribution in [1.82, 2.24) is 0 Å². The van der Waals surface area contributed by atoms with Crippen molar-refractivity contribution in [2.45, 2.75) is 6.54 Å². The Bertz CT molecular complexity index is 803. The molecule has 3 aromatic rings. The van der Waals surface area contributed by atoms with Crippen LogP contribution in [-0.4, -0.2) is 11.5 Å². The summed E-state index contributed by atoms with van der Waals surface area (Å²) in [6.45, 7) is 0.620. The SMILES string of the molecule is O=C(OCBr)c1ccc2ccccc2[n+]1Cc1ccccc1. The first kappa shape index (κ1) is 14.7. The number of para-hydroxylation sites is 1. The van der Waals surface area contributed by atoms with Crippen molar-refractivity contribution in [2.75, 3.05) is 5.52 Å². The van der Waals surface area contributed by atoms with Crippen molar-refractivity contribution in [3.05, 3.63) is 78.0 Å².